The van der Waals surface area contributed by atoms with Crippen LogP contribution in [-0.4, -0.2) is 5.71 Å². The molecule has 0 aromatic heterocycles. The maximum Gasteiger partial charge on any atom is 0.0420 e. The van der Waals surface area contributed by atoms with Crippen molar-refractivity contribution in [2.75, 3.05) is 0 Å². The molecule has 3 aromatic carbocycles. The number of nitrogens with one attached hydrogen (secondary N) is 1. The van der Waals surface area contributed by atoms with Crippen molar-refractivity contribution in [3.05, 3.63) is 107 Å². The lowest BCUT2D eigenvalue weighted by Crippen LogP contribution is -2.31. The van der Waals surface area contributed by atoms with Crippen LogP contribution in [0, 0.1) is 17.2 Å². The van der Waals surface area contributed by atoms with Crippen molar-refractivity contribution in [3.63, 3.8) is 0 Å². The number of hydrogen-bond acceptors (Lipinski definition) is 1. The molecule has 3 unspecified atom stereocenters. The maximum atomic E-state index is 9.05. The molecule has 2 aliphatic rings. The van der Waals surface area contributed by atoms with E-state index in [0.29, 0.717) is 17.8 Å². The second-order valence-corrected chi connectivity index (χ2v) is 8.41. The summed E-state index contributed by atoms with van der Waals surface area (Å²) in [6.45, 7) is 0. The summed E-state index contributed by atoms with van der Waals surface area (Å²) in [7, 11) is 0. The molecule has 1 saturated carbocycles. The molecule has 0 aliphatic heterocycles. The predicted molar refractivity (Wildman–Crippen MR) is 122 cm³/mol. The SMILES string of the molecule is N=C(c1ccccc1)C1CCCCC1C1C(c2ccccc2)=Cc2ccccc21. The van der Waals surface area contributed by atoms with Crippen molar-refractivity contribution in [1.82, 2.24) is 0 Å². The molecule has 0 saturated heterocycles. The molecular formula is C28H27N. The highest BCUT2D eigenvalue weighted by molar-refractivity contribution is 6.01. The average Bonchev–Trinajstić information content (AvgIpc) is 3.19. The zero-order valence-corrected chi connectivity index (χ0v) is 16.7. The molecule has 0 spiro atoms. The molecule has 3 aromatic rings. The summed E-state index contributed by atoms with van der Waals surface area (Å²) in [6.07, 6.45) is 7.22. The lowest BCUT2D eigenvalue weighted by atomic mass is 9.66. The number of hydrogen-bond donors (Lipinski definition) is 1. The third-order valence-electron chi connectivity index (χ3n) is 6.79. The van der Waals surface area contributed by atoms with Gasteiger partial charge in [-0.15, -0.1) is 0 Å². The van der Waals surface area contributed by atoms with E-state index in [2.05, 4.69) is 84.9 Å². The van der Waals surface area contributed by atoms with Crippen LogP contribution in [0.2, 0.25) is 0 Å². The van der Waals surface area contributed by atoms with E-state index >= 15 is 0 Å². The van der Waals surface area contributed by atoms with Gasteiger partial charge in [0, 0.05) is 17.5 Å². The predicted octanol–water partition coefficient (Wildman–Crippen LogP) is 7.20. The van der Waals surface area contributed by atoms with Gasteiger partial charge in [0.2, 0.25) is 0 Å². The Labute approximate surface area is 173 Å². The third kappa shape index (κ3) is 3.35. The van der Waals surface area contributed by atoms with Gasteiger partial charge in [0.25, 0.3) is 0 Å². The highest BCUT2D eigenvalue weighted by atomic mass is 14.5. The van der Waals surface area contributed by atoms with Crippen LogP contribution in [0.25, 0.3) is 11.6 Å². The summed E-state index contributed by atoms with van der Waals surface area (Å²) >= 11 is 0. The largest absolute Gasteiger partial charge is 0.304 e. The summed E-state index contributed by atoms with van der Waals surface area (Å²) in [5.41, 5.74) is 7.47. The van der Waals surface area contributed by atoms with Crippen molar-refractivity contribution in [2.45, 2.75) is 31.6 Å². The molecule has 1 fully saturated rings. The van der Waals surface area contributed by atoms with Crippen LogP contribution in [0.5, 0.6) is 0 Å². The first-order valence-electron chi connectivity index (χ1n) is 10.8. The number of allylic oxidation sites excluding steroid dienone is 1. The van der Waals surface area contributed by atoms with Gasteiger partial charge in [-0.3, -0.25) is 0 Å². The second kappa shape index (κ2) is 7.83. The van der Waals surface area contributed by atoms with Crippen molar-refractivity contribution >= 4 is 17.4 Å². The Morgan fingerprint density at radius 3 is 2.17 bits per heavy atom. The molecule has 3 atom stereocenters. The topological polar surface area (TPSA) is 23.9 Å². The molecule has 29 heavy (non-hydrogen) atoms. The first-order chi connectivity index (χ1) is 14.3. The van der Waals surface area contributed by atoms with Crippen LogP contribution in [-0.2, 0) is 0 Å². The summed E-state index contributed by atoms with van der Waals surface area (Å²) in [6, 6.07) is 30.1. The normalized spacial score (nSPS) is 23.3. The van der Waals surface area contributed by atoms with Gasteiger partial charge in [-0.25, -0.2) is 0 Å². The fourth-order valence-electron chi connectivity index (χ4n) is 5.45. The van der Waals surface area contributed by atoms with Gasteiger partial charge in [-0.05, 0) is 46.6 Å². The number of fused-ring (bicyclic) bond motifs is 1. The molecule has 144 valence electrons. The van der Waals surface area contributed by atoms with Crippen LogP contribution in [0.4, 0.5) is 0 Å². The van der Waals surface area contributed by atoms with Gasteiger partial charge in [-0.1, -0.05) is 104 Å². The molecule has 5 rings (SSSR count). The second-order valence-electron chi connectivity index (χ2n) is 8.41. The van der Waals surface area contributed by atoms with E-state index in [9.17, 15) is 0 Å². The van der Waals surface area contributed by atoms with Gasteiger partial charge in [0.15, 0.2) is 0 Å². The Bertz CT molecular complexity index is 1030. The average molecular weight is 378 g/mol. The molecule has 2 aliphatic carbocycles. The molecule has 0 heterocycles. The molecule has 1 nitrogen and oxygen atoms in total. The standard InChI is InChI=1S/C28H27N/c29-28(21-13-5-2-6-14-21)25-18-10-9-17-24(25)27-23-16-8-7-15-22(23)19-26(27)20-11-3-1-4-12-20/h1-8,11-16,19,24-25,27,29H,9-10,17-18H2. The fraction of sp³-hybridized carbons (Fsp3) is 0.250. The maximum absolute atomic E-state index is 9.05. The number of rotatable bonds is 4. The minimum Gasteiger partial charge on any atom is -0.304 e. The van der Waals surface area contributed by atoms with Crippen LogP contribution >= 0.6 is 0 Å². The van der Waals surface area contributed by atoms with Crippen molar-refractivity contribution < 1.29 is 0 Å². The Balaban J connectivity index is 1.57. The van der Waals surface area contributed by atoms with E-state index < -0.39 is 0 Å². The Kier molecular flexibility index (Phi) is 4.89. The van der Waals surface area contributed by atoms with Crippen molar-refractivity contribution in [2.24, 2.45) is 11.8 Å². The van der Waals surface area contributed by atoms with E-state index in [1.54, 1.807) is 0 Å². The van der Waals surface area contributed by atoms with E-state index in [1.165, 1.54) is 41.5 Å². The van der Waals surface area contributed by atoms with Crippen LogP contribution < -0.4 is 0 Å². The highest BCUT2D eigenvalue weighted by Gasteiger charge is 2.40. The Morgan fingerprint density at radius 1 is 0.724 bits per heavy atom. The monoisotopic (exact) mass is 377 g/mol. The third-order valence-corrected chi connectivity index (χ3v) is 6.79. The van der Waals surface area contributed by atoms with Gasteiger partial charge in [0.1, 0.15) is 0 Å². The van der Waals surface area contributed by atoms with Crippen LogP contribution in [0.1, 0.15) is 53.9 Å². The quantitative estimate of drug-likeness (QED) is 0.465. The smallest absolute Gasteiger partial charge is 0.0420 e. The zero-order valence-electron chi connectivity index (χ0n) is 16.7. The van der Waals surface area contributed by atoms with Crippen molar-refractivity contribution in [1.29, 1.82) is 5.41 Å². The molecule has 0 radical (unpaired) electrons. The highest BCUT2D eigenvalue weighted by Crippen LogP contribution is 2.52. The summed E-state index contributed by atoms with van der Waals surface area (Å²) in [5, 5.41) is 9.05. The molecule has 0 bridgehead atoms. The van der Waals surface area contributed by atoms with Gasteiger partial charge < -0.3 is 5.41 Å². The van der Waals surface area contributed by atoms with Crippen molar-refractivity contribution in [3.8, 4) is 0 Å². The van der Waals surface area contributed by atoms with Gasteiger partial charge in [0.05, 0.1) is 0 Å². The summed E-state index contributed by atoms with van der Waals surface area (Å²) in [4.78, 5) is 0. The summed E-state index contributed by atoms with van der Waals surface area (Å²) in [5.74, 6) is 1.17. The minimum atomic E-state index is 0.314. The lowest BCUT2D eigenvalue weighted by Gasteiger charge is -2.38. The van der Waals surface area contributed by atoms with Gasteiger partial charge >= 0.3 is 0 Å². The van der Waals surface area contributed by atoms with E-state index in [0.717, 1.165) is 17.7 Å². The molecule has 1 heteroatoms. The van der Waals surface area contributed by atoms with E-state index in [4.69, 9.17) is 5.41 Å². The molecule has 1 N–H and O–H groups in total. The van der Waals surface area contributed by atoms with Gasteiger partial charge in [-0.2, -0.15) is 0 Å². The summed E-state index contributed by atoms with van der Waals surface area (Å²) < 4.78 is 0. The fourth-order valence-corrected chi connectivity index (χ4v) is 5.45. The first kappa shape index (κ1) is 18.1. The molecule has 0 amide bonds. The van der Waals surface area contributed by atoms with Crippen LogP contribution in [0.3, 0.4) is 0 Å². The van der Waals surface area contributed by atoms with E-state index in [1.807, 2.05) is 6.07 Å². The Morgan fingerprint density at radius 2 is 1.38 bits per heavy atom. The minimum absolute atomic E-state index is 0.314. The van der Waals surface area contributed by atoms with E-state index in [-0.39, 0.29) is 0 Å². The molecular weight excluding hydrogens is 350 g/mol. The lowest BCUT2D eigenvalue weighted by molar-refractivity contribution is 0.283. The van der Waals surface area contributed by atoms with Crippen LogP contribution in [0.15, 0.2) is 84.9 Å². The Hall–Kier alpha value is -2.93. The first-order valence-corrected chi connectivity index (χ1v) is 10.8. The number of benzene rings is 3. The zero-order chi connectivity index (χ0) is 19.6.